The largest absolute Gasteiger partial charge is 0.490 e. The van der Waals surface area contributed by atoms with E-state index < -0.39 is 10.2 Å². The molecule has 0 aliphatic carbocycles. The lowest BCUT2D eigenvalue weighted by Gasteiger charge is -2.30. The van der Waals surface area contributed by atoms with Gasteiger partial charge in [-0.15, -0.1) is 0 Å². The summed E-state index contributed by atoms with van der Waals surface area (Å²) in [5.74, 6) is 0.735. The number of nitriles is 1. The maximum atomic E-state index is 11.9. The minimum atomic E-state index is -3.37. The van der Waals surface area contributed by atoms with Gasteiger partial charge in [-0.2, -0.15) is 18.0 Å². The smallest absolute Gasteiger partial charge is 0.279 e. The molecule has 0 saturated carbocycles. The molecule has 4 rings (SSSR count). The molecule has 164 valence electrons. The van der Waals surface area contributed by atoms with Gasteiger partial charge in [-0.3, -0.25) is 9.88 Å². The number of aromatic nitrogens is 1. The molecule has 1 fully saturated rings. The molecule has 0 spiro atoms. The third kappa shape index (κ3) is 5.05. The second-order valence-corrected chi connectivity index (χ2v) is 9.93. The van der Waals surface area contributed by atoms with Crippen LogP contribution in [0.15, 0.2) is 36.5 Å². The Bertz CT molecular complexity index is 1050. The van der Waals surface area contributed by atoms with Gasteiger partial charge < -0.3 is 4.74 Å². The third-order valence-corrected chi connectivity index (χ3v) is 7.54. The van der Waals surface area contributed by atoms with Crippen LogP contribution in [0.3, 0.4) is 0 Å². The highest BCUT2D eigenvalue weighted by molar-refractivity contribution is 7.87. The van der Waals surface area contributed by atoms with Crippen LogP contribution >= 0.6 is 0 Å². The molecule has 9 heteroatoms. The van der Waals surface area contributed by atoms with Crippen LogP contribution in [0.4, 0.5) is 0 Å². The number of hydrogen-bond donors (Lipinski definition) is 1. The summed E-state index contributed by atoms with van der Waals surface area (Å²) >= 11 is 0. The standard InChI is InChI=1S/C22H27N5O3S/c1-24-31(28,29)27-8-6-17(7-9-27)16-30-22-12-25-21(10-20(22)11-23)15-26-13-18-4-2-3-5-19(18)14-26/h2-5,10,12,17,24H,6-9,13-16H2,1H3. The Balaban J connectivity index is 1.32. The number of benzene rings is 1. The van der Waals surface area contributed by atoms with E-state index in [1.165, 1.54) is 22.5 Å². The zero-order chi connectivity index (χ0) is 21.8. The van der Waals surface area contributed by atoms with Crippen molar-refractivity contribution in [2.45, 2.75) is 32.5 Å². The number of hydrogen-bond acceptors (Lipinski definition) is 6. The molecule has 1 aromatic carbocycles. The van der Waals surface area contributed by atoms with Crippen LogP contribution in [-0.4, -0.2) is 49.4 Å². The molecule has 2 aliphatic heterocycles. The summed E-state index contributed by atoms with van der Waals surface area (Å²) in [6.07, 6.45) is 3.09. The van der Waals surface area contributed by atoms with E-state index in [0.29, 0.717) is 37.6 Å². The maximum Gasteiger partial charge on any atom is 0.279 e. The topological polar surface area (TPSA) is 98.6 Å². The van der Waals surface area contributed by atoms with E-state index in [0.717, 1.165) is 31.6 Å². The van der Waals surface area contributed by atoms with Crippen molar-refractivity contribution >= 4 is 10.2 Å². The fourth-order valence-corrected chi connectivity index (χ4v) is 5.12. The second-order valence-electron chi connectivity index (χ2n) is 8.06. The Morgan fingerprint density at radius 3 is 2.52 bits per heavy atom. The Kier molecular flexibility index (Phi) is 6.53. The summed E-state index contributed by atoms with van der Waals surface area (Å²) in [5, 5.41) is 9.58. The summed E-state index contributed by atoms with van der Waals surface area (Å²) in [4.78, 5) is 6.83. The van der Waals surface area contributed by atoms with Crippen LogP contribution in [-0.2, 0) is 29.8 Å². The molecule has 1 saturated heterocycles. The summed E-state index contributed by atoms with van der Waals surface area (Å²) < 4.78 is 33.5. The van der Waals surface area contributed by atoms with Gasteiger partial charge in [0, 0.05) is 39.8 Å². The first-order valence-electron chi connectivity index (χ1n) is 10.5. The number of fused-ring (bicyclic) bond motifs is 1. The Hall–Kier alpha value is -2.51. The average molecular weight is 442 g/mol. The lowest BCUT2D eigenvalue weighted by molar-refractivity contribution is 0.184. The van der Waals surface area contributed by atoms with Gasteiger partial charge in [-0.05, 0) is 36.0 Å². The number of ether oxygens (including phenoxy) is 1. The van der Waals surface area contributed by atoms with Crippen LogP contribution in [0.25, 0.3) is 0 Å². The highest BCUT2D eigenvalue weighted by Crippen LogP contribution is 2.26. The van der Waals surface area contributed by atoms with Crippen LogP contribution in [0.2, 0.25) is 0 Å². The molecule has 0 radical (unpaired) electrons. The fourth-order valence-electron chi connectivity index (χ4n) is 4.17. The predicted octanol–water partition coefficient (Wildman–Crippen LogP) is 2.02. The predicted molar refractivity (Wildman–Crippen MR) is 116 cm³/mol. The first-order chi connectivity index (χ1) is 15.0. The molecule has 0 unspecified atom stereocenters. The van der Waals surface area contributed by atoms with Crippen molar-refractivity contribution in [3.63, 3.8) is 0 Å². The minimum Gasteiger partial charge on any atom is -0.490 e. The number of nitrogens with one attached hydrogen (secondary N) is 1. The van der Waals surface area contributed by atoms with Crippen molar-refractivity contribution in [2.24, 2.45) is 5.92 Å². The molecule has 0 amide bonds. The van der Waals surface area contributed by atoms with E-state index in [9.17, 15) is 13.7 Å². The normalized spacial score (nSPS) is 17.9. The summed E-state index contributed by atoms with van der Waals surface area (Å²) in [6, 6.07) is 12.4. The Labute approximate surface area is 183 Å². The minimum absolute atomic E-state index is 0.248. The molecular weight excluding hydrogens is 414 g/mol. The lowest BCUT2D eigenvalue weighted by Crippen LogP contribution is -2.44. The highest BCUT2D eigenvalue weighted by atomic mass is 32.2. The van der Waals surface area contributed by atoms with Crippen molar-refractivity contribution in [2.75, 3.05) is 26.7 Å². The van der Waals surface area contributed by atoms with Crippen molar-refractivity contribution in [1.82, 2.24) is 18.9 Å². The Morgan fingerprint density at radius 1 is 1.23 bits per heavy atom. The SMILES string of the molecule is CNS(=O)(=O)N1CCC(COc2cnc(CN3Cc4ccccc4C3)cc2C#N)CC1. The molecule has 2 aliphatic rings. The molecule has 3 heterocycles. The zero-order valence-corrected chi connectivity index (χ0v) is 18.4. The van der Waals surface area contributed by atoms with E-state index >= 15 is 0 Å². The Morgan fingerprint density at radius 2 is 1.90 bits per heavy atom. The molecule has 2 aromatic rings. The van der Waals surface area contributed by atoms with Crippen molar-refractivity contribution in [1.29, 1.82) is 5.26 Å². The van der Waals surface area contributed by atoms with Gasteiger partial charge in [0.25, 0.3) is 10.2 Å². The summed E-state index contributed by atoms with van der Waals surface area (Å²) in [5.41, 5.74) is 4.02. The summed E-state index contributed by atoms with van der Waals surface area (Å²) in [7, 11) is -1.95. The van der Waals surface area contributed by atoms with E-state index in [2.05, 4.69) is 44.9 Å². The zero-order valence-electron chi connectivity index (χ0n) is 17.6. The van der Waals surface area contributed by atoms with Crippen LogP contribution in [0.5, 0.6) is 5.75 Å². The molecule has 1 N–H and O–H groups in total. The fraction of sp³-hybridized carbons (Fsp3) is 0.455. The van der Waals surface area contributed by atoms with Crippen molar-refractivity contribution < 1.29 is 13.2 Å². The third-order valence-electron chi connectivity index (χ3n) is 5.98. The highest BCUT2D eigenvalue weighted by Gasteiger charge is 2.27. The van der Waals surface area contributed by atoms with Gasteiger partial charge in [0.1, 0.15) is 6.07 Å². The number of nitrogens with zero attached hydrogens (tertiary/aromatic N) is 4. The van der Waals surface area contributed by atoms with Crippen LogP contribution < -0.4 is 9.46 Å². The molecule has 0 bridgehead atoms. The quantitative estimate of drug-likeness (QED) is 0.706. The second kappa shape index (κ2) is 9.32. The molecule has 1 aromatic heterocycles. The van der Waals surface area contributed by atoms with Gasteiger partial charge in [0.15, 0.2) is 5.75 Å². The molecule has 8 nitrogen and oxygen atoms in total. The molecule has 31 heavy (non-hydrogen) atoms. The van der Waals surface area contributed by atoms with Crippen LogP contribution in [0.1, 0.15) is 35.2 Å². The first-order valence-corrected chi connectivity index (χ1v) is 11.9. The van der Waals surface area contributed by atoms with Gasteiger partial charge in [0.05, 0.1) is 24.1 Å². The first kappa shape index (κ1) is 21.7. The van der Waals surface area contributed by atoms with Crippen molar-refractivity contribution in [3.8, 4) is 11.8 Å². The maximum absolute atomic E-state index is 11.9. The van der Waals surface area contributed by atoms with Gasteiger partial charge in [-0.1, -0.05) is 24.3 Å². The number of pyridine rings is 1. The number of rotatable bonds is 7. The lowest BCUT2D eigenvalue weighted by atomic mass is 9.99. The summed E-state index contributed by atoms with van der Waals surface area (Å²) in [6.45, 7) is 3.85. The average Bonchev–Trinajstić information content (AvgIpc) is 3.20. The number of piperidine rings is 1. The monoisotopic (exact) mass is 441 g/mol. The van der Waals surface area contributed by atoms with E-state index in [-0.39, 0.29) is 5.92 Å². The van der Waals surface area contributed by atoms with Crippen molar-refractivity contribution in [3.05, 3.63) is 58.9 Å². The van der Waals surface area contributed by atoms with E-state index in [4.69, 9.17) is 4.74 Å². The van der Waals surface area contributed by atoms with Gasteiger partial charge >= 0.3 is 0 Å². The molecule has 0 atom stereocenters. The van der Waals surface area contributed by atoms with E-state index in [1.807, 2.05) is 0 Å². The molecular formula is C22H27N5O3S. The van der Waals surface area contributed by atoms with Gasteiger partial charge in [-0.25, -0.2) is 4.72 Å². The van der Waals surface area contributed by atoms with Crippen LogP contribution in [0, 0.1) is 17.2 Å². The van der Waals surface area contributed by atoms with E-state index in [1.54, 1.807) is 12.3 Å². The van der Waals surface area contributed by atoms with Gasteiger partial charge in [0.2, 0.25) is 0 Å².